The van der Waals surface area contributed by atoms with Crippen LogP contribution in [0.15, 0.2) is 54.6 Å². The first kappa shape index (κ1) is 19.1. The molecule has 142 valence electrons. The van der Waals surface area contributed by atoms with Crippen LogP contribution >= 0.6 is 0 Å². The molecule has 0 saturated carbocycles. The summed E-state index contributed by atoms with van der Waals surface area (Å²) in [6, 6.07) is 16.8. The smallest absolute Gasteiger partial charge is 0.274 e. The third-order valence-electron chi connectivity index (χ3n) is 4.97. The molecular formula is C21H25N3O3. The number of hydrogen-bond acceptors (Lipinski definition) is 4. The average Bonchev–Trinajstić information content (AvgIpc) is 2.68. The fourth-order valence-corrected chi connectivity index (χ4v) is 3.78. The van der Waals surface area contributed by atoms with Crippen LogP contribution in [0.5, 0.6) is 0 Å². The SMILES string of the molecule is C[C@@H]1CN(Cc2ccc(C(=O)NO)cc2)C[C@H](C)N1C(=O)c1ccccc1. The second-order valence-corrected chi connectivity index (χ2v) is 7.11. The van der Waals surface area contributed by atoms with Gasteiger partial charge in [-0.15, -0.1) is 0 Å². The van der Waals surface area contributed by atoms with Crippen molar-refractivity contribution in [2.24, 2.45) is 0 Å². The zero-order valence-electron chi connectivity index (χ0n) is 15.6. The van der Waals surface area contributed by atoms with E-state index in [1.165, 1.54) is 0 Å². The molecule has 2 amide bonds. The number of hydrogen-bond donors (Lipinski definition) is 2. The maximum absolute atomic E-state index is 12.9. The maximum Gasteiger partial charge on any atom is 0.274 e. The van der Waals surface area contributed by atoms with Crippen molar-refractivity contribution >= 4 is 11.8 Å². The van der Waals surface area contributed by atoms with Crippen molar-refractivity contribution in [3.05, 3.63) is 71.3 Å². The van der Waals surface area contributed by atoms with E-state index in [0.717, 1.165) is 30.8 Å². The lowest BCUT2D eigenvalue weighted by molar-refractivity contribution is 0.0268. The molecular weight excluding hydrogens is 342 g/mol. The fourth-order valence-electron chi connectivity index (χ4n) is 3.78. The standard InChI is InChI=1S/C21H25N3O3/c1-15-12-23(14-17-8-10-18(11-9-17)20(25)22-27)13-16(2)24(15)21(26)19-6-4-3-5-7-19/h3-11,15-16,27H,12-14H2,1-2H3,(H,22,25)/t15-,16+. The van der Waals surface area contributed by atoms with Crippen molar-refractivity contribution in [3.8, 4) is 0 Å². The van der Waals surface area contributed by atoms with Crippen LogP contribution in [0.2, 0.25) is 0 Å². The zero-order chi connectivity index (χ0) is 19.4. The van der Waals surface area contributed by atoms with E-state index in [4.69, 9.17) is 5.21 Å². The topological polar surface area (TPSA) is 72.9 Å². The van der Waals surface area contributed by atoms with Gasteiger partial charge in [-0.2, -0.15) is 0 Å². The number of carbonyl (C=O) groups excluding carboxylic acids is 2. The molecule has 1 heterocycles. The molecule has 6 nitrogen and oxygen atoms in total. The molecule has 2 atom stereocenters. The minimum atomic E-state index is -0.517. The molecule has 0 aromatic heterocycles. The molecule has 1 aliphatic heterocycles. The van der Waals surface area contributed by atoms with Gasteiger partial charge in [-0.1, -0.05) is 30.3 Å². The molecule has 0 bridgehead atoms. The highest BCUT2D eigenvalue weighted by molar-refractivity contribution is 5.94. The zero-order valence-corrected chi connectivity index (χ0v) is 15.6. The van der Waals surface area contributed by atoms with Gasteiger partial charge in [0.05, 0.1) is 0 Å². The molecule has 0 aliphatic carbocycles. The lowest BCUT2D eigenvalue weighted by Crippen LogP contribution is -2.58. The van der Waals surface area contributed by atoms with E-state index in [9.17, 15) is 9.59 Å². The molecule has 27 heavy (non-hydrogen) atoms. The van der Waals surface area contributed by atoms with Crippen molar-refractivity contribution < 1.29 is 14.8 Å². The summed E-state index contributed by atoms with van der Waals surface area (Å²) in [5.41, 5.74) is 3.87. The Morgan fingerprint density at radius 2 is 1.56 bits per heavy atom. The first-order valence-corrected chi connectivity index (χ1v) is 9.13. The third kappa shape index (κ3) is 4.35. The summed E-state index contributed by atoms with van der Waals surface area (Å²) in [5.74, 6) is -0.438. The van der Waals surface area contributed by atoms with Crippen LogP contribution < -0.4 is 5.48 Å². The predicted octanol–water partition coefficient (Wildman–Crippen LogP) is 2.54. The fraction of sp³-hybridized carbons (Fsp3) is 0.333. The van der Waals surface area contributed by atoms with Gasteiger partial charge in [0.25, 0.3) is 11.8 Å². The summed E-state index contributed by atoms with van der Waals surface area (Å²) in [6.45, 7) is 6.50. The average molecular weight is 367 g/mol. The number of rotatable bonds is 4. The summed E-state index contributed by atoms with van der Waals surface area (Å²) in [6.07, 6.45) is 0. The van der Waals surface area contributed by atoms with Gasteiger partial charge in [0.1, 0.15) is 0 Å². The molecule has 0 spiro atoms. The summed E-state index contributed by atoms with van der Waals surface area (Å²) in [7, 11) is 0. The van der Waals surface area contributed by atoms with E-state index in [-0.39, 0.29) is 18.0 Å². The first-order valence-electron chi connectivity index (χ1n) is 9.13. The molecule has 0 radical (unpaired) electrons. The quantitative estimate of drug-likeness (QED) is 0.643. The van der Waals surface area contributed by atoms with E-state index < -0.39 is 5.91 Å². The molecule has 3 rings (SSSR count). The Morgan fingerprint density at radius 1 is 0.963 bits per heavy atom. The largest absolute Gasteiger partial charge is 0.331 e. The van der Waals surface area contributed by atoms with E-state index in [1.807, 2.05) is 47.4 Å². The number of benzene rings is 2. The highest BCUT2D eigenvalue weighted by Crippen LogP contribution is 2.21. The Balaban J connectivity index is 1.65. The summed E-state index contributed by atoms with van der Waals surface area (Å²) >= 11 is 0. The van der Waals surface area contributed by atoms with Crippen LogP contribution in [-0.2, 0) is 6.54 Å². The highest BCUT2D eigenvalue weighted by Gasteiger charge is 2.33. The number of carbonyl (C=O) groups is 2. The number of nitrogens with zero attached hydrogens (tertiary/aromatic N) is 2. The molecule has 2 N–H and O–H groups in total. The minimum absolute atomic E-state index is 0.0784. The predicted molar refractivity (Wildman–Crippen MR) is 103 cm³/mol. The molecule has 2 aromatic carbocycles. The number of amides is 2. The Hall–Kier alpha value is -2.70. The number of hydroxylamine groups is 1. The monoisotopic (exact) mass is 367 g/mol. The Kier molecular flexibility index (Phi) is 5.88. The lowest BCUT2D eigenvalue weighted by Gasteiger charge is -2.44. The van der Waals surface area contributed by atoms with Crippen molar-refractivity contribution in [3.63, 3.8) is 0 Å². The number of nitrogens with one attached hydrogen (secondary N) is 1. The second kappa shape index (κ2) is 8.33. The van der Waals surface area contributed by atoms with Crippen LogP contribution in [0.3, 0.4) is 0 Å². The molecule has 0 unspecified atom stereocenters. The van der Waals surface area contributed by atoms with Crippen LogP contribution in [0, 0.1) is 0 Å². The van der Waals surface area contributed by atoms with E-state index in [2.05, 4.69) is 18.7 Å². The highest BCUT2D eigenvalue weighted by atomic mass is 16.5. The van der Waals surface area contributed by atoms with E-state index >= 15 is 0 Å². The van der Waals surface area contributed by atoms with Gasteiger partial charge >= 0.3 is 0 Å². The van der Waals surface area contributed by atoms with Gasteiger partial charge in [0.15, 0.2) is 0 Å². The van der Waals surface area contributed by atoms with Crippen LogP contribution in [0.25, 0.3) is 0 Å². The maximum atomic E-state index is 12.9. The van der Waals surface area contributed by atoms with Crippen molar-refractivity contribution in [1.29, 1.82) is 0 Å². The van der Waals surface area contributed by atoms with E-state index in [1.54, 1.807) is 17.6 Å². The van der Waals surface area contributed by atoms with E-state index in [0.29, 0.717) is 5.56 Å². The third-order valence-corrected chi connectivity index (χ3v) is 4.97. The summed E-state index contributed by atoms with van der Waals surface area (Å²) in [5, 5.41) is 8.69. The lowest BCUT2D eigenvalue weighted by atomic mass is 10.0. The normalized spacial score (nSPS) is 20.3. The van der Waals surface area contributed by atoms with Crippen LogP contribution in [0.4, 0.5) is 0 Å². The Morgan fingerprint density at radius 3 is 2.11 bits per heavy atom. The molecule has 2 aromatic rings. The van der Waals surface area contributed by atoms with Gasteiger partial charge in [-0.05, 0) is 43.7 Å². The second-order valence-electron chi connectivity index (χ2n) is 7.11. The molecule has 1 saturated heterocycles. The Labute approximate surface area is 159 Å². The van der Waals surface area contributed by atoms with Crippen molar-refractivity contribution in [2.45, 2.75) is 32.5 Å². The van der Waals surface area contributed by atoms with Gasteiger partial charge in [0.2, 0.25) is 0 Å². The molecule has 1 fully saturated rings. The summed E-state index contributed by atoms with van der Waals surface area (Å²) < 4.78 is 0. The molecule has 1 aliphatic rings. The summed E-state index contributed by atoms with van der Waals surface area (Å²) in [4.78, 5) is 28.6. The molecule has 6 heteroatoms. The first-order chi connectivity index (χ1) is 13.0. The van der Waals surface area contributed by atoms with Crippen LogP contribution in [0.1, 0.15) is 40.1 Å². The van der Waals surface area contributed by atoms with Gasteiger partial charge < -0.3 is 4.90 Å². The van der Waals surface area contributed by atoms with Gasteiger partial charge in [-0.3, -0.25) is 19.7 Å². The van der Waals surface area contributed by atoms with Gasteiger partial charge in [0, 0.05) is 42.8 Å². The van der Waals surface area contributed by atoms with Gasteiger partial charge in [-0.25, -0.2) is 5.48 Å². The Bertz CT molecular complexity index is 780. The minimum Gasteiger partial charge on any atom is -0.331 e. The number of piperazine rings is 1. The van der Waals surface area contributed by atoms with Crippen molar-refractivity contribution in [1.82, 2.24) is 15.3 Å². The van der Waals surface area contributed by atoms with Crippen molar-refractivity contribution in [2.75, 3.05) is 13.1 Å². The van der Waals surface area contributed by atoms with Crippen LogP contribution in [-0.4, -0.2) is 52.0 Å².